The number of aromatic nitrogens is 2. The van der Waals surface area contributed by atoms with E-state index < -0.39 is 0 Å². The normalized spacial score (nSPS) is 10.5. The molecule has 0 bridgehead atoms. The van der Waals surface area contributed by atoms with E-state index in [0.717, 1.165) is 56.5 Å². The average Bonchev–Trinajstić information content (AvgIpc) is 2.44. The first-order valence-electron chi connectivity index (χ1n) is 6.98. The molecular formula is C13H25N5O. The molecule has 0 saturated carbocycles. The Balaban J connectivity index is 2.47. The number of aliphatic hydroxyl groups excluding tert-OH is 1. The van der Waals surface area contributed by atoms with Gasteiger partial charge in [-0.15, -0.1) is 0 Å². The molecule has 0 saturated heterocycles. The minimum Gasteiger partial charge on any atom is -0.396 e. The molecule has 6 heteroatoms. The van der Waals surface area contributed by atoms with Crippen LogP contribution in [0.25, 0.3) is 0 Å². The van der Waals surface area contributed by atoms with E-state index in [0.29, 0.717) is 5.82 Å². The lowest BCUT2D eigenvalue weighted by Gasteiger charge is -2.13. The van der Waals surface area contributed by atoms with Crippen LogP contribution in [-0.4, -0.2) is 28.2 Å². The Kier molecular flexibility index (Phi) is 7.84. The van der Waals surface area contributed by atoms with Gasteiger partial charge in [-0.2, -0.15) is 0 Å². The third-order valence-electron chi connectivity index (χ3n) is 2.96. The van der Waals surface area contributed by atoms with Crippen LogP contribution in [-0.2, 0) is 6.42 Å². The topological polar surface area (TPSA) is 96.1 Å². The standard InChI is InChI=1S/C13H25N5O/c1-2-7-11-12(16-10-17-13(11)18-14)15-8-5-3-4-6-9-19/h10,19H,2-9,14H2,1H3,(H2,15,16,17,18). The van der Waals surface area contributed by atoms with Crippen LogP contribution in [0, 0.1) is 0 Å². The summed E-state index contributed by atoms with van der Waals surface area (Å²) in [7, 11) is 0. The molecule has 0 aliphatic heterocycles. The molecule has 1 aromatic rings. The number of hydrogen-bond donors (Lipinski definition) is 4. The van der Waals surface area contributed by atoms with Gasteiger partial charge in [0.2, 0.25) is 0 Å². The van der Waals surface area contributed by atoms with Crippen LogP contribution < -0.4 is 16.6 Å². The number of nitrogens with two attached hydrogens (primary N) is 1. The van der Waals surface area contributed by atoms with Crippen molar-refractivity contribution in [1.82, 2.24) is 9.97 Å². The van der Waals surface area contributed by atoms with Gasteiger partial charge in [-0.3, -0.25) is 0 Å². The summed E-state index contributed by atoms with van der Waals surface area (Å²) in [6.45, 7) is 3.28. The number of anilines is 2. The first kappa shape index (κ1) is 15.7. The molecule has 1 heterocycles. The number of hydrazine groups is 1. The molecule has 0 aliphatic rings. The first-order valence-corrected chi connectivity index (χ1v) is 6.98. The highest BCUT2D eigenvalue weighted by molar-refractivity contribution is 5.56. The maximum absolute atomic E-state index is 8.70. The van der Waals surface area contributed by atoms with Crippen molar-refractivity contribution in [1.29, 1.82) is 0 Å². The van der Waals surface area contributed by atoms with E-state index in [4.69, 9.17) is 10.9 Å². The van der Waals surface area contributed by atoms with Crippen molar-refractivity contribution in [3.8, 4) is 0 Å². The van der Waals surface area contributed by atoms with Crippen LogP contribution in [0.15, 0.2) is 6.33 Å². The van der Waals surface area contributed by atoms with Crippen LogP contribution >= 0.6 is 0 Å². The zero-order valence-electron chi connectivity index (χ0n) is 11.7. The Bertz CT molecular complexity index is 359. The summed E-state index contributed by atoms with van der Waals surface area (Å²) in [4.78, 5) is 8.41. The summed E-state index contributed by atoms with van der Waals surface area (Å²) in [6.07, 6.45) is 7.57. The Morgan fingerprint density at radius 2 is 1.89 bits per heavy atom. The van der Waals surface area contributed by atoms with Crippen LogP contribution in [0.2, 0.25) is 0 Å². The fraction of sp³-hybridized carbons (Fsp3) is 0.692. The van der Waals surface area contributed by atoms with Gasteiger partial charge in [0.15, 0.2) is 0 Å². The summed E-state index contributed by atoms with van der Waals surface area (Å²) in [5.41, 5.74) is 3.66. The van der Waals surface area contributed by atoms with Crippen molar-refractivity contribution in [3.63, 3.8) is 0 Å². The van der Waals surface area contributed by atoms with E-state index >= 15 is 0 Å². The van der Waals surface area contributed by atoms with Crippen molar-refractivity contribution < 1.29 is 5.11 Å². The molecule has 0 atom stereocenters. The summed E-state index contributed by atoms with van der Waals surface area (Å²) in [5, 5.41) is 12.0. The molecule has 1 aromatic heterocycles. The van der Waals surface area contributed by atoms with E-state index in [-0.39, 0.29) is 6.61 Å². The van der Waals surface area contributed by atoms with E-state index in [1.54, 1.807) is 0 Å². The molecule has 19 heavy (non-hydrogen) atoms. The maximum atomic E-state index is 8.70. The van der Waals surface area contributed by atoms with Crippen LogP contribution in [0.5, 0.6) is 0 Å². The van der Waals surface area contributed by atoms with Gasteiger partial charge in [-0.1, -0.05) is 26.2 Å². The second-order valence-electron chi connectivity index (χ2n) is 4.51. The van der Waals surface area contributed by atoms with Crippen molar-refractivity contribution in [2.75, 3.05) is 23.9 Å². The Morgan fingerprint density at radius 3 is 2.58 bits per heavy atom. The second kappa shape index (κ2) is 9.52. The van der Waals surface area contributed by atoms with Crippen LogP contribution in [0.1, 0.15) is 44.6 Å². The minimum atomic E-state index is 0.283. The molecule has 0 aromatic carbocycles. The highest BCUT2D eigenvalue weighted by atomic mass is 16.2. The van der Waals surface area contributed by atoms with E-state index in [9.17, 15) is 0 Å². The van der Waals surface area contributed by atoms with Gasteiger partial charge in [0.1, 0.15) is 18.0 Å². The molecule has 108 valence electrons. The van der Waals surface area contributed by atoms with Crippen molar-refractivity contribution in [2.45, 2.75) is 45.4 Å². The van der Waals surface area contributed by atoms with E-state index in [1.165, 1.54) is 6.33 Å². The number of unbranched alkanes of at least 4 members (excludes halogenated alkanes) is 3. The van der Waals surface area contributed by atoms with Gasteiger partial charge in [0, 0.05) is 18.7 Å². The van der Waals surface area contributed by atoms with Gasteiger partial charge >= 0.3 is 0 Å². The fourth-order valence-electron chi connectivity index (χ4n) is 1.97. The number of nitrogen functional groups attached to an aromatic ring is 1. The van der Waals surface area contributed by atoms with Crippen LogP contribution in [0.3, 0.4) is 0 Å². The second-order valence-corrected chi connectivity index (χ2v) is 4.51. The molecule has 0 fully saturated rings. The molecule has 0 radical (unpaired) electrons. The Labute approximate surface area is 114 Å². The van der Waals surface area contributed by atoms with Crippen molar-refractivity contribution in [2.24, 2.45) is 5.84 Å². The number of hydrogen-bond acceptors (Lipinski definition) is 6. The Morgan fingerprint density at radius 1 is 1.16 bits per heavy atom. The highest BCUT2D eigenvalue weighted by Gasteiger charge is 2.09. The quantitative estimate of drug-likeness (QED) is 0.293. The van der Waals surface area contributed by atoms with Crippen LogP contribution in [0.4, 0.5) is 11.6 Å². The summed E-state index contributed by atoms with van der Waals surface area (Å²) in [6, 6.07) is 0. The molecule has 0 aliphatic carbocycles. The monoisotopic (exact) mass is 267 g/mol. The maximum Gasteiger partial charge on any atom is 0.148 e. The largest absolute Gasteiger partial charge is 0.396 e. The van der Waals surface area contributed by atoms with Crippen molar-refractivity contribution in [3.05, 3.63) is 11.9 Å². The SMILES string of the molecule is CCCc1c(NN)ncnc1NCCCCCCO. The summed E-state index contributed by atoms with van der Waals surface area (Å²) < 4.78 is 0. The highest BCUT2D eigenvalue weighted by Crippen LogP contribution is 2.20. The van der Waals surface area contributed by atoms with E-state index in [1.807, 2.05) is 0 Å². The molecule has 0 amide bonds. The smallest absolute Gasteiger partial charge is 0.148 e. The lowest BCUT2D eigenvalue weighted by Crippen LogP contribution is -2.14. The Hall–Kier alpha value is -1.40. The fourth-order valence-corrected chi connectivity index (χ4v) is 1.97. The third-order valence-corrected chi connectivity index (χ3v) is 2.96. The first-order chi connectivity index (χ1) is 9.33. The van der Waals surface area contributed by atoms with Crippen molar-refractivity contribution >= 4 is 11.6 Å². The minimum absolute atomic E-state index is 0.283. The predicted molar refractivity (Wildman–Crippen MR) is 77.9 cm³/mol. The molecule has 0 spiro atoms. The lowest BCUT2D eigenvalue weighted by molar-refractivity contribution is 0.283. The molecule has 0 unspecified atom stereocenters. The van der Waals surface area contributed by atoms with E-state index in [2.05, 4.69) is 27.6 Å². The molecule has 1 rings (SSSR count). The number of nitrogens with zero attached hydrogens (tertiary/aromatic N) is 2. The third kappa shape index (κ3) is 5.40. The number of aliphatic hydroxyl groups is 1. The van der Waals surface area contributed by atoms with Gasteiger partial charge in [-0.05, 0) is 19.3 Å². The molecule has 6 nitrogen and oxygen atoms in total. The zero-order chi connectivity index (χ0) is 13.9. The zero-order valence-corrected chi connectivity index (χ0v) is 11.7. The number of rotatable bonds is 10. The summed E-state index contributed by atoms with van der Waals surface area (Å²) >= 11 is 0. The number of nitrogens with one attached hydrogen (secondary N) is 2. The summed E-state index contributed by atoms with van der Waals surface area (Å²) in [5.74, 6) is 7.03. The molecule has 5 N–H and O–H groups in total. The predicted octanol–water partition coefficient (Wildman–Crippen LogP) is 1.68. The lowest BCUT2D eigenvalue weighted by atomic mass is 10.1. The molecular weight excluding hydrogens is 242 g/mol. The van der Waals surface area contributed by atoms with Gasteiger partial charge in [0.25, 0.3) is 0 Å². The van der Waals surface area contributed by atoms with Gasteiger partial charge < -0.3 is 15.8 Å². The van der Waals surface area contributed by atoms with Gasteiger partial charge in [-0.25, -0.2) is 15.8 Å². The van der Waals surface area contributed by atoms with Gasteiger partial charge in [0.05, 0.1) is 0 Å². The average molecular weight is 267 g/mol.